The molecule has 0 aliphatic rings. The molecule has 1 heterocycles. The molecule has 0 atom stereocenters. The monoisotopic (exact) mass is 150 g/mol. The Morgan fingerprint density at radius 3 is 3.09 bits per heavy atom. The van der Waals surface area contributed by atoms with Crippen LogP contribution in [0.4, 0.5) is 0 Å². The van der Waals surface area contributed by atoms with Gasteiger partial charge in [0.2, 0.25) is 0 Å². The number of hydrogen-bond donors (Lipinski definition) is 0. The Hall–Kier alpha value is -1.38. The summed E-state index contributed by atoms with van der Waals surface area (Å²) in [6.45, 7) is 2.87. The molecule has 0 aliphatic heterocycles. The van der Waals surface area contributed by atoms with Gasteiger partial charge in [0.05, 0.1) is 6.20 Å². The van der Waals surface area contributed by atoms with Crippen molar-refractivity contribution in [2.24, 2.45) is 0 Å². The number of rotatable bonds is 3. The first-order chi connectivity index (χ1) is 5.36. The summed E-state index contributed by atoms with van der Waals surface area (Å²) in [5, 5.41) is 4.04. The molecule has 1 aromatic rings. The molecule has 0 aromatic carbocycles. The summed E-state index contributed by atoms with van der Waals surface area (Å²) in [4.78, 5) is 9.94. The van der Waals surface area contributed by atoms with Crippen LogP contribution in [0.2, 0.25) is 0 Å². The Kier molecular flexibility index (Phi) is 2.60. The zero-order valence-corrected chi connectivity index (χ0v) is 6.40. The average molecular weight is 150 g/mol. The van der Waals surface area contributed by atoms with Crippen LogP contribution in [0.15, 0.2) is 18.5 Å². The van der Waals surface area contributed by atoms with Gasteiger partial charge in [0.15, 0.2) is 0 Å². The number of aromatic nitrogens is 2. The molecule has 3 heteroatoms. The standard InChI is InChI=1S/C8H10N2O/c1-2-10-7-8(6-9-10)4-3-5-11/h3-7H,2H2,1H3/b4-3+. The van der Waals surface area contributed by atoms with Crippen LogP contribution in [-0.2, 0) is 11.3 Å². The second-order valence-electron chi connectivity index (χ2n) is 2.12. The molecular weight excluding hydrogens is 140 g/mol. The number of aryl methyl sites for hydroxylation is 1. The normalized spacial score (nSPS) is 10.6. The molecule has 11 heavy (non-hydrogen) atoms. The first-order valence-corrected chi connectivity index (χ1v) is 3.51. The zero-order valence-electron chi connectivity index (χ0n) is 6.40. The Bertz CT molecular complexity index is 263. The molecule has 3 nitrogen and oxygen atoms in total. The van der Waals surface area contributed by atoms with Crippen LogP contribution in [-0.4, -0.2) is 16.1 Å². The van der Waals surface area contributed by atoms with Gasteiger partial charge in [-0.3, -0.25) is 9.48 Å². The van der Waals surface area contributed by atoms with Gasteiger partial charge in [-0.15, -0.1) is 0 Å². The lowest BCUT2D eigenvalue weighted by Gasteiger charge is -1.88. The van der Waals surface area contributed by atoms with Crippen LogP contribution in [0.3, 0.4) is 0 Å². The van der Waals surface area contributed by atoms with Crippen LogP contribution in [0.1, 0.15) is 12.5 Å². The zero-order chi connectivity index (χ0) is 8.10. The summed E-state index contributed by atoms with van der Waals surface area (Å²) in [6.07, 6.45) is 7.55. The van der Waals surface area contributed by atoms with Crippen molar-refractivity contribution >= 4 is 12.4 Å². The van der Waals surface area contributed by atoms with Gasteiger partial charge in [-0.05, 0) is 19.1 Å². The largest absolute Gasteiger partial charge is 0.299 e. The second-order valence-corrected chi connectivity index (χ2v) is 2.12. The molecule has 0 N–H and O–H groups in total. The van der Waals surface area contributed by atoms with E-state index in [4.69, 9.17) is 0 Å². The van der Waals surface area contributed by atoms with Crippen molar-refractivity contribution in [2.45, 2.75) is 13.5 Å². The average Bonchev–Trinajstić information content (AvgIpc) is 2.48. The van der Waals surface area contributed by atoms with E-state index in [1.165, 1.54) is 6.08 Å². The van der Waals surface area contributed by atoms with E-state index in [9.17, 15) is 4.79 Å². The lowest BCUT2D eigenvalue weighted by molar-refractivity contribution is -0.104. The van der Waals surface area contributed by atoms with Crippen LogP contribution in [0.25, 0.3) is 6.08 Å². The van der Waals surface area contributed by atoms with E-state index in [-0.39, 0.29) is 0 Å². The van der Waals surface area contributed by atoms with Crippen molar-refractivity contribution in [1.82, 2.24) is 9.78 Å². The fourth-order valence-electron chi connectivity index (χ4n) is 0.789. The first-order valence-electron chi connectivity index (χ1n) is 3.51. The third-order valence-corrected chi connectivity index (χ3v) is 1.34. The van der Waals surface area contributed by atoms with E-state index in [1.54, 1.807) is 12.3 Å². The van der Waals surface area contributed by atoms with Crippen molar-refractivity contribution in [2.75, 3.05) is 0 Å². The minimum atomic E-state index is 0.753. The molecule has 0 saturated carbocycles. The highest BCUT2D eigenvalue weighted by Crippen LogP contribution is 1.98. The van der Waals surface area contributed by atoms with Crippen molar-refractivity contribution in [1.29, 1.82) is 0 Å². The summed E-state index contributed by atoms with van der Waals surface area (Å²) in [6, 6.07) is 0. The van der Waals surface area contributed by atoms with Gasteiger partial charge in [0, 0.05) is 18.3 Å². The maximum absolute atomic E-state index is 9.94. The smallest absolute Gasteiger partial charge is 0.142 e. The Morgan fingerprint density at radius 1 is 1.73 bits per heavy atom. The van der Waals surface area contributed by atoms with E-state index in [0.29, 0.717) is 0 Å². The molecule has 0 aliphatic carbocycles. The number of allylic oxidation sites excluding steroid dienone is 1. The first kappa shape index (κ1) is 7.72. The number of hydrogen-bond acceptors (Lipinski definition) is 2. The quantitative estimate of drug-likeness (QED) is 0.478. The Balaban J connectivity index is 2.72. The molecule has 1 aromatic heterocycles. The van der Waals surface area contributed by atoms with Crippen molar-refractivity contribution in [3.05, 3.63) is 24.0 Å². The molecular formula is C8H10N2O. The van der Waals surface area contributed by atoms with E-state index in [1.807, 2.05) is 17.8 Å². The van der Waals surface area contributed by atoms with Crippen molar-refractivity contribution in [3.63, 3.8) is 0 Å². The molecule has 0 amide bonds. The summed E-state index contributed by atoms with van der Waals surface area (Å²) < 4.78 is 1.81. The SMILES string of the molecule is CCn1cc(/C=C/C=O)cn1. The lowest BCUT2D eigenvalue weighted by atomic mass is 10.3. The summed E-state index contributed by atoms with van der Waals surface area (Å²) in [5.41, 5.74) is 0.957. The van der Waals surface area contributed by atoms with E-state index in [0.717, 1.165) is 18.4 Å². The van der Waals surface area contributed by atoms with Gasteiger partial charge < -0.3 is 0 Å². The van der Waals surface area contributed by atoms with Gasteiger partial charge in [0.1, 0.15) is 6.29 Å². The van der Waals surface area contributed by atoms with E-state index >= 15 is 0 Å². The Morgan fingerprint density at radius 2 is 2.55 bits per heavy atom. The highest BCUT2D eigenvalue weighted by Gasteiger charge is 1.90. The van der Waals surface area contributed by atoms with E-state index in [2.05, 4.69) is 5.10 Å². The number of aldehydes is 1. The predicted octanol–water partition coefficient (Wildman–Crippen LogP) is 1.12. The molecule has 0 radical (unpaired) electrons. The van der Waals surface area contributed by atoms with Crippen LogP contribution < -0.4 is 0 Å². The lowest BCUT2D eigenvalue weighted by Crippen LogP contribution is -1.91. The maximum Gasteiger partial charge on any atom is 0.142 e. The van der Waals surface area contributed by atoms with Crippen molar-refractivity contribution in [3.8, 4) is 0 Å². The predicted molar refractivity (Wildman–Crippen MR) is 43.0 cm³/mol. The topological polar surface area (TPSA) is 34.9 Å². The minimum Gasteiger partial charge on any atom is -0.299 e. The highest BCUT2D eigenvalue weighted by atomic mass is 16.1. The fourth-order valence-corrected chi connectivity index (χ4v) is 0.789. The molecule has 0 unspecified atom stereocenters. The van der Waals surface area contributed by atoms with Gasteiger partial charge in [-0.1, -0.05) is 0 Å². The van der Waals surface area contributed by atoms with Gasteiger partial charge >= 0.3 is 0 Å². The summed E-state index contributed by atoms with van der Waals surface area (Å²) >= 11 is 0. The molecule has 0 bridgehead atoms. The van der Waals surface area contributed by atoms with Crippen LogP contribution in [0.5, 0.6) is 0 Å². The molecule has 58 valence electrons. The molecule has 0 spiro atoms. The van der Waals surface area contributed by atoms with Crippen LogP contribution in [0, 0.1) is 0 Å². The van der Waals surface area contributed by atoms with E-state index < -0.39 is 0 Å². The van der Waals surface area contributed by atoms with Gasteiger partial charge in [-0.2, -0.15) is 5.10 Å². The number of carbonyl (C=O) groups excluding carboxylic acids is 1. The minimum absolute atomic E-state index is 0.753. The van der Waals surface area contributed by atoms with Crippen LogP contribution >= 0.6 is 0 Å². The summed E-state index contributed by atoms with van der Waals surface area (Å²) in [7, 11) is 0. The molecule has 1 rings (SSSR count). The highest BCUT2D eigenvalue weighted by molar-refractivity contribution is 5.73. The molecule has 0 saturated heterocycles. The second kappa shape index (κ2) is 3.71. The third-order valence-electron chi connectivity index (χ3n) is 1.34. The number of nitrogens with zero attached hydrogens (tertiary/aromatic N) is 2. The molecule has 0 fully saturated rings. The Labute approximate surface area is 65.3 Å². The third kappa shape index (κ3) is 2.04. The number of carbonyl (C=O) groups is 1. The maximum atomic E-state index is 9.94. The van der Waals surface area contributed by atoms with Crippen molar-refractivity contribution < 1.29 is 4.79 Å². The van der Waals surface area contributed by atoms with Gasteiger partial charge in [-0.25, -0.2) is 0 Å². The van der Waals surface area contributed by atoms with Gasteiger partial charge in [0.25, 0.3) is 0 Å². The summed E-state index contributed by atoms with van der Waals surface area (Å²) in [5.74, 6) is 0. The fraction of sp³-hybridized carbons (Fsp3) is 0.250.